The number of nitrogens with two attached hydrogens (primary N) is 2. The first kappa shape index (κ1) is 13.6. The average molecular weight is 284 g/mol. The van der Waals surface area contributed by atoms with Crippen LogP contribution in [-0.4, -0.2) is 41.0 Å². The summed E-state index contributed by atoms with van der Waals surface area (Å²) in [7, 11) is 0. The topological polar surface area (TPSA) is 84.3 Å². The van der Waals surface area contributed by atoms with Crippen molar-refractivity contribution in [2.24, 2.45) is 0 Å². The minimum Gasteiger partial charge on any atom is -0.397 e. The fourth-order valence-corrected chi connectivity index (χ4v) is 2.54. The lowest BCUT2D eigenvalue weighted by atomic mass is 10.1. The molecular formula is C15H20N6. The zero-order chi connectivity index (χ0) is 14.7. The molecule has 0 spiro atoms. The normalized spacial score (nSPS) is 16.1. The lowest BCUT2D eigenvalue weighted by Gasteiger charge is -2.34. The van der Waals surface area contributed by atoms with E-state index in [9.17, 15) is 0 Å². The first-order chi connectivity index (χ1) is 10.2. The number of nitrogens with zero attached hydrogens (tertiary/aromatic N) is 4. The van der Waals surface area contributed by atoms with Crippen LogP contribution in [0.5, 0.6) is 0 Å². The Kier molecular flexibility index (Phi) is 3.87. The van der Waals surface area contributed by atoms with E-state index in [0.29, 0.717) is 11.4 Å². The molecule has 1 aromatic heterocycles. The molecule has 0 radical (unpaired) electrons. The fourth-order valence-electron chi connectivity index (χ4n) is 2.54. The largest absolute Gasteiger partial charge is 0.397 e. The molecule has 6 nitrogen and oxygen atoms in total. The molecule has 0 amide bonds. The second-order valence-corrected chi connectivity index (χ2v) is 5.28. The van der Waals surface area contributed by atoms with Gasteiger partial charge in [-0.3, -0.25) is 4.90 Å². The smallest absolute Gasteiger partial charge is 0.225 e. The Hall–Kier alpha value is -2.34. The van der Waals surface area contributed by atoms with Crippen molar-refractivity contribution in [1.29, 1.82) is 0 Å². The molecule has 2 heterocycles. The van der Waals surface area contributed by atoms with Gasteiger partial charge in [0, 0.05) is 45.1 Å². The standard InChI is InChI=1S/C15H20N6/c16-13-3-2-12(10-14(13)17)11-20-6-8-21(9-7-20)15-18-4-1-5-19-15/h1-5,10H,6-9,11,16-17H2. The van der Waals surface area contributed by atoms with E-state index >= 15 is 0 Å². The van der Waals surface area contributed by atoms with Crippen molar-refractivity contribution in [2.75, 3.05) is 42.5 Å². The van der Waals surface area contributed by atoms with Gasteiger partial charge in [-0.2, -0.15) is 0 Å². The van der Waals surface area contributed by atoms with Gasteiger partial charge in [0.05, 0.1) is 11.4 Å². The Morgan fingerprint density at radius 3 is 2.33 bits per heavy atom. The van der Waals surface area contributed by atoms with Gasteiger partial charge in [-0.25, -0.2) is 9.97 Å². The third-order valence-electron chi connectivity index (χ3n) is 3.76. The Balaban J connectivity index is 1.57. The van der Waals surface area contributed by atoms with Crippen molar-refractivity contribution < 1.29 is 0 Å². The summed E-state index contributed by atoms with van der Waals surface area (Å²) in [6.07, 6.45) is 3.57. The van der Waals surface area contributed by atoms with E-state index in [1.807, 2.05) is 24.3 Å². The maximum absolute atomic E-state index is 5.86. The Morgan fingerprint density at radius 2 is 1.67 bits per heavy atom. The van der Waals surface area contributed by atoms with Crippen molar-refractivity contribution in [3.05, 3.63) is 42.2 Å². The van der Waals surface area contributed by atoms with E-state index in [4.69, 9.17) is 11.5 Å². The first-order valence-corrected chi connectivity index (χ1v) is 7.10. The molecule has 2 aromatic rings. The lowest BCUT2D eigenvalue weighted by Crippen LogP contribution is -2.46. The molecule has 1 fully saturated rings. The highest BCUT2D eigenvalue weighted by Crippen LogP contribution is 2.18. The van der Waals surface area contributed by atoms with Crippen molar-refractivity contribution in [3.8, 4) is 0 Å². The monoisotopic (exact) mass is 284 g/mol. The number of hydrogen-bond acceptors (Lipinski definition) is 6. The molecule has 21 heavy (non-hydrogen) atoms. The summed E-state index contributed by atoms with van der Waals surface area (Å²) in [5.41, 5.74) is 14.1. The molecule has 0 atom stereocenters. The molecule has 3 rings (SSSR count). The number of piperazine rings is 1. The van der Waals surface area contributed by atoms with Gasteiger partial charge in [0.25, 0.3) is 0 Å². The summed E-state index contributed by atoms with van der Waals surface area (Å²) in [6.45, 7) is 4.75. The number of hydrogen-bond donors (Lipinski definition) is 2. The van der Waals surface area contributed by atoms with Crippen LogP contribution in [0.2, 0.25) is 0 Å². The van der Waals surface area contributed by atoms with E-state index in [1.165, 1.54) is 5.56 Å². The Morgan fingerprint density at radius 1 is 0.952 bits per heavy atom. The second-order valence-electron chi connectivity index (χ2n) is 5.28. The molecule has 1 saturated heterocycles. The van der Waals surface area contributed by atoms with E-state index in [1.54, 1.807) is 12.4 Å². The lowest BCUT2D eigenvalue weighted by molar-refractivity contribution is 0.249. The molecule has 0 bridgehead atoms. The van der Waals surface area contributed by atoms with Gasteiger partial charge in [0.15, 0.2) is 0 Å². The van der Waals surface area contributed by atoms with Crippen LogP contribution in [0, 0.1) is 0 Å². The number of benzene rings is 1. The predicted octanol–water partition coefficient (Wildman–Crippen LogP) is 0.963. The van der Waals surface area contributed by atoms with Gasteiger partial charge in [-0.05, 0) is 23.8 Å². The summed E-state index contributed by atoms with van der Waals surface area (Å²) >= 11 is 0. The van der Waals surface area contributed by atoms with Crippen molar-refractivity contribution in [1.82, 2.24) is 14.9 Å². The molecule has 1 aromatic carbocycles. The molecule has 0 unspecified atom stereocenters. The molecule has 0 aliphatic carbocycles. The molecule has 4 N–H and O–H groups in total. The third-order valence-corrected chi connectivity index (χ3v) is 3.76. The van der Waals surface area contributed by atoms with Gasteiger partial charge in [-0.15, -0.1) is 0 Å². The molecule has 1 aliphatic rings. The zero-order valence-electron chi connectivity index (χ0n) is 11.9. The minimum atomic E-state index is 0.643. The average Bonchev–Trinajstić information content (AvgIpc) is 2.53. The van der Waals surface area contributed by atoms with E-state index < -0.39 is 0 Å². The first-order valence-electron chi connectivity index (χ1n) is 7.10. The van der Waals surface area contributed by atoms with E-state index in [0.717, 1.165) is 38.7 Å². The van der Waals surface area contributed by atoms with Gasteiger partial charge < -0.3 is 16.4 Å². The van der Waals surface area contributed by atoms with Gasteiger partial charge in [0.1, 0.15) is 0 Å². The SMILES string of the molecule is Nc1ccc(CN2CCN(c3ncccn3)CC2)cc1N. The van der Waals surface area contributed by atoms with Crippen LogP contribution < -0.4 is 16.4 Å². The quantitative estimate of drug-likeness (QED) is 0.817. The minimum absolute atomic E-state index is 0.643. The highest BCUT2D eigenvalue weighted by atomic mass is 15.3. The Labute approximate surface area is 124 Å². The Bertz CT molecular complexity index is 592. The van der Waals surface area contributed by atoms with E-state index in [2.05, 4.69) is 19.8 Å². The number of nitrogen functional groups attached to an aromatic ring is 2. The van der Waals surface area contributed by atoms with Crippen LogP contribution in [0.1, 0.15) is 5.56 Å². The summed E-state index contributed by atoms with van der Waals surface area (Å²) in [5, 5.41) is 0. The van der Waals surface area contributed by atoms with Gasteiger partial charge >= 0.3 is 0 Å². The summed E-state index contributed by atoms with van der Waals surface area (Å²) in [5.74, 6) is 0.814. The van der Waals surface area contributed by atoms with Gasteiger partial charge in [0.2, 0.25) is 5.95 Å². The van der Waals surface area contributed by atoms with Crippen LogP contribution >= 0.6 is 0 Å². The summed E-state index contributed by atoms with van der Waals surface area (Å²) in [6, 6.07) is 7.71. The number of rotatable bonds is 3. The molecule has 0 saturated carbocycles. The number of anilines is 3. The summed E-state index contributed by atoms with van der Waals surface area (Å²) in [4.78, 5) is 13.2. The molecule has 6 heteroatoms. The zero-order valence-corrected chi connectivity index (χ0v) is 11.9. The molecule has 1 aliphatic heterocycles. The van der Waals surface area contributed by atoms with Crippen LogP contribution in [0.25, 0.3) is 0 Å². The highest BCUT2D eigenvalue weighted by molar-refractivity contribution is 5.63. The van der Waals surface area contributed by atoms with Crippen LogP contribution in [0.4, 0.5) is 17.3 Å². The highest BCUT2D eigenvalue weighted by Gasteiger charge is 2.18. The van der Waals surface area contributed by atoms with Gasteiger partial charge in [-0.1, -0.05) is 6.07 Å². The van der Waals surface area contributed by atoms with Crippen LogP contribution in [0.3, 0.4) is 0 Å². The third kappa shape index (κ3) is 3.22. The maximum atomic E-state index is 5.86. The molecule has 110 valence electrons. The van der Waals surface area contributed by atoms with Crippen molar-refractivity contribution >= 4 is 17.3 Å². The predicted molar refractivity (Wildman–Crippen MR) is 84.8 cm³/mol. The second kappa shape index (κ2) is 5.97. The summed E-state index contributed by atoms with van der Waals surface area (Å²) < 4.78 is 0. The van der Waals surface area contributed by atoms with Crippen molar-refractivity contribution in [3.63, 3.8) is 0 Å². The maximum Gasteiger partial charge on any atom is 0.225 e. The van der Waals surface area contributed by atoms with E-state index in [-0.39, 0.29) is 0 Å². The molecular weight excluding hydrogens is 264 g/mol. The number of aromatic nitrogens is 2. The van der Waals surface area contributed by atoms with Crippen LogP contribution in [0.15, 0.2) is 36.7 Å². The van der Waals surface area contributed by atoms with Crippen LogP contribution in [-0.2, 0) is 6.54 Å². The fraction of sp³-hybridized carbons (Fsp3) is 0.333. The van der Waals surface area contributed by atoms with Crippen molar-refractivity contribution in [2.45, 2.75) is 6.54 Å².